The van der Waals surface area contributed by atoms with E-state index in [1.165, 1.54) is 31.2 Å². The zero-order valence-electron chi connectivity index (χ0n) is 18.4. The summed E-state index contributed by atoms with van der Waals surface area (Å²) in [4.78, 5) is 55.0. The number of fused-ring (bicyclic) bond motifs is 1. The number of H-pyrrole nitrogens is 1. The minimum Gasteiger partial charge on any atom is -0.326 e. The third-order valence-electron chi connectivity index (χ3n) is 5.39. The van der Waals surface area contributed by atoms with E-state index >= 15 is 0 Å². The number of nitrogens with one attached hydrogen (secondary N) is 4. The molecule has 0 fully saturated rings. The Morgan fingerprint density at radius 1 is 1.17 bits per heavy atom. The molecule has 36 heavy (non-hydrogen) atoms. The number of rotatable bonds is 5. The monoisotopic (exact) mass is 502 g/mol. The van der Waals surface area contributed by atoms with Gasteiger partial charge in [0.25, 0.3) is 11.2 Å². The number of amides is 2. The highest BCUT2D eigenvalue weighted by Gasteiger charge is 2.35. The summed E-state index contributed by atoms with van der Waals surface area (Å²) in [5, 5.41) is 18.6. The van der Waals surface area contributed by atoms with Crippen LogP contribution in [0.3, 0.4) is 0 Å². The van der Waals surface area contributed by atoms with Crippen LogP contribution in [0.15, 0.2) is 47.3 Å². The van der Waals surface area contributed by atoms with E-state index in [1.807, 2.05) is 0 Å². The second-order valence-corrected chi connectivity index (χ2v) is 7.93. The number of carbonyl (C=O) groups is 2. The highest BCUT2D eigenvalue weighted by atomic mass is 19.4. The SMILES string of the molecule is Cc1ccc(NC(=O)[C@H]2CC(=O)Nc3nc(Nc4cccc(C(F)(F)F)c4)[nH]c(=O)c32)cc1[N+](=O)[O-]. The van der Waals surface area contributed by atoms with Crippen LogP contribution >= 0.6 is 0 Å². The molecule has 0 saturated carbocycles. The normalized spacial score (nSPS) is 15.0. The van der Waals surface area contributed by atoms with Gasteiger partial charge in [-0.15, -0.1) is 0 Å². The van der Waals surface area contributed by atoms with E-state index in [4.69, 9.17) is 0 Å². The lowest BCUT2D eigenvalue weighted by molar-refractivity contribution is -0.385. The molecule has 0 saturated heterocycles. The third kappa shape index (κ3) is 5.01. The number of carbonyl (C=O) groups excluding carboxylic acids is 2. The fraction of sp³-hybridized carbons (Fsp3) is 0.182. The van der Waals surface area contributed by atoms with Crippen molar-refractivity contribution in [1.29, 1.82) is 0 Å². The third-order valence-corrected chi connectivity index (χ3v) is 5.39. The maximum atomic E-state index is 13.0. The fourth-order valence-corrected chi connectivity index (χ4v) is 3.68. The zero-order valence-corrected chi connectivity index (χ0v) is 18.4. The van der Waals surface area contributed by atoms with E-state index in [0.717, 1.165) is 18.2 Å². The van der Waals surface area contributed by atoms with Gasteiger partial charge in [0.2, 0.25) is 17.8 Å². The Kier molecular flexibility index (Phi) is 6.18. The van der Waals surface area contributed by atoms with Gasteiger partial charge >= 0.3 is 6.18 Å². The number of nitrogens with zero attached hydrogens (tertiary/aromatic N) is 2. The van der Waals surface area contributed by atoms with E-state index in [2.05, 4.69) is 25.9 Å². The van der Waals surface area contributed by atoms with E-state index in [-0.39, 0.29) is 34.4 Å². The van der Waals surface area contributed by atoms with E-state index in [1.54, 1.807) is 0 Å². The summed E-state index contributed by atoms with van der Waals surface area (Å²) >= 11 is 0. The van der Waals surface area contributed by atoms with Crippen molar-refractivity contribution in [1.82, 2.24) is 9.97 Å². The van der Waals surface area contributed by atoms with Gasteiger partial charge in [-0.25, -0.2) is 0 Å². The molecule has 2 amide bonds. The van der Waals surface area contributed by atoms with Crippen LogP contribution in [0.1, 0.15) is 29.0 Å². The molecule has 0 aliphatic carbocycles. The van der Waals surface area contributed by atoms with Crippen molar-refractivity contribution in [2.45, 2.75) is 25.4 Å². The number of aromatic amines is 1. The summed E-state index contributed by atoms with van der Waals surface area (Å²) in [7, 11) is 0. The molecule has 0 bridgehead atoms. The number of nitro groups is 1. The zero-order chi connectivity index (χ0) is 26.2. The first-order chi connectivity index (χ1) is 16.9. The van der Waals surface area contributed by atoms with Crippen LogP contribution in [-0.2, 0) is 15.8 Å². The van der Waals surface area contributed by atoms with Gasteiger partial charge in [-0.3, -0.25) is 29.5 Å². The van der Waals surface area contributed by atoms with Gasteiger partial charge in [0.15, 0.2) is 0 Å². The summed E-state index contributed by atoms with van der Waals surface area (Å²) in [6.07, 6.45) is -4.97. The number of hydrogen-bond donors (Lipinski definition) is 4. The van der Waals surface area contributed by atoms with Crippen LogP contribution in [-0.4, -0.2) is 26.7 Å². The molecule has 186 valence electrons. The summed E-state index contributed by atoms with van der Waals surface area (Å²) in [5.41, 5.74) is -1.66. The Morgan fingerprint density at radius 2 is 1.92 bits per heavy atom. The molecule has 0 spiro atoms. The minimum absolute atomic E-state index is 0.0229. The number of benzene rings is 2. The molecule has 1 aromatic heterocycles. The molecule has 4 N–H and O–H groups in total. The topological polar surface area (TPSA) is 159 Å². The number of anilines is 4. The molecule has 14 heteroatoms. The molecular weight excluding hydrogens is 485 g/mol. The largest absolute Gasteiger partial charge is 0.416 e. The standard InChI is InChI=1S/C22H17F3N6O5/c1-10-5-6-13(8-15(10)31(35)36)26-19(33)14-9-16(32)28-18-17(14)20(34)30-21(29-18)27-12-4-2-3-11(7-12)22(23,24)25/h2-8,14H,9H2,1H3,(H,26,33)(H3,27,28,29,30,32,34)/t14-/m0/s1. The number of halogens is 3. The van der Waals surface area contributed by atoms with Crippen LogP contribution in [0.5, 0.6) is 0 Å². The van der Waals surface area contributed by atoms with Crippen molar-refractivity contribution in [2.24, 2.45) is 0 Å². The number of aryl methyl sites for hydroxylation is 1. The van der Waals surface area contributed by atoms with Crippen LogP contribution in [0.2, 0.25) is 0 Å². The van der Waals surface area contributed by atoms with Gasteiger partial charge in [-0.1, -0.05) is 12.1 Å². The number of hydrogen-bond acceptors (Lipinski definition) is 7. The number of nitro benzene ring substituents is 1. The summed E-state index contributed by atoms with van der Waals surface area (Å²) < 4.78 is 38.9. The van der Waals surface area contributed by atoms with Crippen LogP contribution < -0.4 is 21.5 Å². The quantitative estimate of drug-likeness (QED) is 0.305. The van der Waals surface area contributed by atoms with Crippen LogP contribution in [0.4, 0.5) is 42.0 Å². The number of alkyl halides is 3. The van der Waals surface area contributed by atoms with Gasteiger partial charge in [-0.05, 0) is 31.2 Å². The molecule has 1 aliphatic heterocycles. The lowest BCUT2D eigenvalue weighted by Crippen LogP contribution is -2.36. The maximum absolute atomic E-state index is 13.0. The molecule has 3 aromatic rings. The first kappa shape index (κ1) is 24.4. The van der Waals surface area contributed by atoms with E-state index < -0.39 is 46.4 Å². The minimum atomic E-state index is -4.58. The second-order valence-electron chi connectivity index (χ2n) is 7.93. The predicted octanol–water partition coefficient (Wildman–Crippen LogP) is 3.81. The predicted molar refractivity (Wildman–Crippen MR) is 122 cm³/mol. The summed E-state index contributed by atoms with van der Waals surface area (Å²) in [6.45, 7) is 1.53. The van der Waals surface area contributed by atoms with Gasteiger partial charge in [-0.2, -0.15) is 18.2 Å². The van der Waals surface area contributed by atoms with E-state index in [9.17, 15) is 37.7 Å². The second kappa shape index (κ2) is 9.13. The molecule has 1 atom stereocenters. The first-order valence-corrected chi connectivity index (χ1v) is 10.4. The van der Waals surface area contributed by atoms with Crippen molar-refractivity contribution in [3.05, 3.63) is 79.6 Å². The Labute approximate surface area is 199 Å². The van der Waals surface area contributed by atoms with E-state index in [0.29, 0.717) is 5.56 Å². The molecule has 0 unspecified atom stereocenters. The highest BCUT2D eigenvalue weighted by molar-refractivity contribution is 6.04. The Bertz CT molecular complexity index is 1450. The van der Waals surface area contributed by atoms with Crippen LogP contribution in [0, 0.1) is 17.0 Å². The van der Waals surface area contributed by atoms with Crippen molar-refractivity contribution in [2.75, 3.05) is 16.0 Å². The average molecular weight is 502 g/mol. The molecular formula is C22H17F3N6O5. The maximum Gasteiger partial charge on any atom is 0.416 e. The first-order valence-electron chi connectivity index (χ1n) is 10.4. The Morgan fingerprint density at radius 3 is 2.61 bits per heavy atom. The fourth-order valence-electron chi connectivity index (χ4n) is 3.68. The van der Waals surface area contributed by atoms with Crippen molar-refractivity contribution in [3.63, 3.8) is 0 Å². The van der Waals surface area contributed by atoms with Crippen molar-refractivity contribution >= 4 is 40.6 Å². The molecule has 4 rings (SSSR count). The molecule has 0 radical (unpaired) electrons. The number of aromatic nitrogens is 2. The molecule has 11 nitrogen and oxygen atoms in total. The van der Waals surface area contributed by atoms with Gasteiger partial charge in [0.1, 0.15) is 5.82 Å². The van der Waals surface area contributed by atoms with Crippen LogP contribution in [0.25, 0.3) is 0 Å². The molecule has 2 heterocycles. The average Bonchev–Trinajstić information content (AvgIpc) is 2.79. The molecule has 1 aliphatic rings. The Balaban J connectivity index is 1.62. The lowest BCUT2D eigenvalue weighted by atomic mass is 9.92. The van der Waals surface area contributed by atoms with Crippen molar-refractivity contribution < 1.29 is 27.7 Å². The van der Waals surface area contributed by atoms with Gasteiger partial charge < -0.3 is 16.0 Å². The molecule has 2 aromatic carbocycles. The van der Waals surface area contributed by atoms with Gasteiger partial charge in [0, 0.05) is 29.4 Å². The summed E-state index contributed by atoms with van der Waals surface area (Å²) in [6, 6.07) is 8.21. The lowest BCUT2D eigenvalue weighted by Gasteiger charge is -2.23. The summed E-state index contributed by atoms with van der Waals surface area (Å²) in [5.74, 6) is -3.16. The highest BCUT2D eigenvalue weighted by Crippen LogP contribution is 2.33. The van der Waals surface area contributed by atoms with Gasteiger partial charge in [0.05, 0.1) is 22.0 Å². The Hall–Kier alpha value is -4.75. The smallest absolute Gasteiger partial charge is 0.326 e. The van der Waals surface area contributed by atoms with Crippen molar-refractivity contribution in [3.8, 4) is 0 Å².